The summed E-state index contributed by atoms with van der Waals surface area (Å²) < 4.78 is 13.9. The number of nitrogens with zero attached hydrogens (tertiary/aromatic N) is 2. The van der Waals surface area contributed by atoms with Crippen LogP contribution in [0.4, 0.5) is 0 Å². The summed E-state index contributed by atoms with van der Waals surface area (Å²) in [5.74, 6) is -0.356. The average Bonchev–Trinajstić information content (AvgIpc) is 3.32. The van der Waals surface area contributed by atoms with Crippen molar-refractivity contribution in [3.8, 4) is 0 Å². The van der Waals surface area contributed by atoms with Crippen molar-refractivity contribution in [2.24, 2.45) is 0 Å². The largest absolute Gasteiger partial charge is 0.347 e. The van der Waals surface area contributed by atoms with Gasteiger partial charge in [-0.2, -0.15) is 0 Å². The minimum atomic E-state index is -0.465. The summed E-state index contributed by atoms with van der Waals surface area (Å²) in [4.78, 5) is 15.5. The molecule has 2 aliphatic heterocycles. The minimum absolute atomic E-state index is 0.110. The highest BCUT2D eigenvalue weighted by Gasteiger charge is 2.41. The van der Waals surface area contributed by atoms with Gasteiger partial charge in [0.05, 0.1) is 18.8 Å². The number of carbonyl (C=O) groups excluding carboxylic acids is 1. The molecule has 0 unspecified atom stereocenters. The molecule has 0 N–H and O–H groups in total. The first-order valence-corrected chi connectivity index (χ1v) is 10.4. The number of piperidine rings is 1. The number of ether oxygens (including phenoxy) is 2. The van der Waals surface area contributed by atoms with Crippen LogP contribution in [0.3, 0.4) is 0 Å². The van der Waals surface area contributed by atoms with E-state index in [0.717, 1.165) is 41.5 Å². The van der Waals surface area contributed by atoms with Crippen LogP contribution in [0.2, 0.25) is 0 Å². The van der Waals surface area contributed by atoms with Crippen molar-refractivity contribution in [2.75, 3.05) is 26.3 Å². The molecule has 1 spiro atoms. The van der Waals surface area contributed by atoms with Crippen molar-refractivity contribution < 1.29 is 14.3 Å². The molecule has 0 bridgehead atoms. The van der Waals surface area contributed by atoms with E-state index in [0.29, 0.717) is 26.3 Å². The maximum Gasteiger partial charge on any atom is 0.256 e. The van der Waals surface area contributed by atoms with Crippen LogP contribution in [0.15, 0.2) is 54.6 Å². The molecule has 2 fully saturated rings. The van der Waals surface area contributed by atoms with Gasteiger partial charge in [0.25, 0.3) is 5.91 Å². The zero-order chi connectivity index (χ0) is 19.8. The van der Waals surface area contributed by atoms with Crippen LogP contribution in [0, 0.1) is 6.92 Å². The summed E-state index contributed by atoms with van der Waals surface area (Å²) in [6.45, 7) is 5.45. The maximum atomic E-state index is 13.5. The second-order valence-electron chi connectivity index (χ2n) is 7.95. The van der Waals surface area contributed by atoms with Crippen LogP contribution in [-0.4, -0.2) is 47.5 Å². The monoisotopic (exact) mass is 390 g/mol. The number of benzene rings is 2. The number of aromatic nitrogens is 1. The van der Waals surface area contributed by atoms with Crippen molar-refractivity contribution in [2.45, 2.75) is 32.1 Å². The van der Waals surface area contributed by atoms with E-state index < -0.39 is 5.79 Å². The number of hydrogen-bond donors (Lipinski definition) is 0. The Morgan fingerprint density at radius 1 is 0.966 bits per heavy atom. The highest BCUT2D eigenvalue weighted by molar-refractivity contribution is 6.08. The molecule has 1 aromatic heterocycles. The van der Waals surface area contributed by atoms with Crippen LogP contribution >= 0.6 is 0 Å². The summed E-state index contributed by atoms with van der Waals surface area (Å²) in [5, 5.41) is 1.03. The Bertz CT molecular complexity index is 1020. The predicted molar refractivity (Wildman–Crippen MR) is 112 cm³/mol. The van der Waals surface area contributed by atoms with Crippen molar-refractivity contribution in [1.82, 2.24) is 9.47 Å². The maximum absolute atomic E-state index is 13.5. The molecule has 0 aliphatic carbocycles. The lowest BCUT2D eigenvalue weighted by atomic mass is 10.0. The average molecular weight is 390 g/mol. The number of hydrogen-bond acceptors (Lipinski definition) is 3. The van der Waals surface area contributed by atoms with Gasteiger partial charge in [-0.1, -0.05) is 48.5 Å². The van der Waals surface area contributed by atoms with Gasteiger partial charge in [0, 0.05) is 49.1 Å². The number of likely N-dealkylation sites (tertiary alicyclic amines) is 1. The summed E-state index contributed by atoms with van der Waals surface area (Å²) in [6.07, 6.45) is 1.47. The first-order chi connectivity index (χ1) is 14.2. The van der Waals surface area contributed by atoms with Gasteiger partial charge in [-0.25, -0.2) is 0 Å². The highest BCUT2D eigenvalue weighted by Crippen LogP contribution is 2.33. The molecular formula is C24H26N2O3. The van der Waals surface area contributed by atoms with E-state index in [9.17, 15) is 4.79 Å². The SMILES string of the molecule is Cc1c(C(=O)N2CCC3(CC2)OCCO3)c2ccccc2n1Cc1ccccc1. The first-order valence-electron chi connectivity index (χ1n) is 10.4. The van der Waals surface area contributed by atoms with Crippen molar-refractivity contribution in [3.63, 3.8) is 0 Å². The van der Waals surface area contributed by atoms with Crippen molar-refractivity contribution in [1.29, 1.82) is 0 Å². The van der Waals surface area contributed by atoms with Gasteiger partial charge in [0.2, 0.25) is 0 Å². The molecule has 0 atom stereocenters. The van der Waals surface area contributed by atoms with Gasteiger partial charge >= 0.3 is 0 Å². The first kappa shape index (κ1) is 18.4. The smallest absolute Gasteiger partial charge is 0.256 e. The lowest BCUT2D eigenvalue weighted by Crippen LogP contribution is -2.47. The molecule has 0 radical (unpaired) electrons. The van der Waals surface area contributed by atoms with Gasteiger partial charge in [-0.15, -0.1) is 0 Å². The van der Waals surface area contributed by atoms with E-state index in [1.54, 1.807) is 0 Å². The zero-order valence-electron chi connectivity index (χ0n) is 16.8. The Balaban J connectivity index is 1.47. The Morgan fingerprint density at radius 2 is 1.62 bits per heavy atom. The second-order valence-corrected chi connectivity index (χ2v) is 7.95. The molecule has 29 heavy (non-hydrogen) atoms. The van der Waals surface area contributed by atoms with E-state index >= 15 is 0 Å². The molecule has 150 valence electrons. The number of para-hydroxylation sites is 1. The summed E-state index contributed by atoms with van der Waals surface area (Å²) in [5.41, 5.74) is 4.17. The molecule has 2 aliphatic rings. The van der Waals surface area contributed by atoms with Crippen LogP contribution < -0.4 is 0 Å². The van der Waals surface area contributed by atoms with Gasteiger partial charge in [0.15, 0.2) is 5.79 Å². The molecule has 5 heteroatoms. The second kappa shape index (κ2) is 7.32. The van der Waals surface area contributed by atoms with Crippen LogP contribution in [0.5, 0.6) is 0 Å². The summed E-state index contributed by atoms with van der Waals surface area (Å²) in [6, 6.07) is 18.6. The molecule has 1 amide bonds. The van der Waals surface area contributed by atoms with Crippen LogP contribution in [0.25, 0.3) is 10.9 Å². The Labute approximate surface area is 170 Å². The fourth-order valence-electron chi connectivity index (χ4n) is 4.66. The van der Waals surface area contributed by atoms with E-state index in [1.165, 1.54) is 5.56 Å². The standard InChI is InChI=1S/C24H26N2O3/c1-18-22(23(27)25-13-11-24(12-14-25)28-15-16-29-24)20-9-5-6-10-21(20)26(18)17-19-7-3-2-4-8-19/h2-10H,11-17H2,1H3. The number of amides is 1. The van der Waals surface area contributed by atoms with E-state index in [2.05, 4.69) is 47.9 Å². The minimum Gasteiger partial charge on any atom is -0.347 e. The molecule has 5 nitrogen and oxygen atoms in total. The third kappa shape index (κ3) is 3.24. The van der Waals surface area contributed by atoms with Gasteiger partial charge in [-0.3, -0.25) is 4.79 Å². The van der Waals surface area contributed by atoms with Gasteiger partial charge < -0.3 is 18.9 Å². The van der Waals surface area contributed by atoms with E-state index in [1.807, 2.05) is 23.1 Å². The van der Waals surface area contributed by atoms with Gasteiger partial charge in [-0.05, 0) is 18.6 Å². The number of fused-ring (bicyclic) bond motifs is 1. The quantitative estimate of drug-likeness (QED) is 0.680. The number of rotatable bonds is 3. The molecule has 5 rings (SSSR count). The molecule has 2 saturated heterocycles. The summed E-state index contributed by atoms with van der Waals surface area (Å²) in [7, 11) is 0. The molecule has 2 aromatic carbocycles. The topological polar surface area (TPSA) is 43.7 Å². The Hall–Kier alpha value is -2.63. The van der Waals surface area contributed by atoms with E-state index in [-0.39, 0.29) is 5.91 Å². The molecule has 0 saturated carbocycles. The molecule has 3 aromatic rings. The van der Waals surface area contributed by atoms with Crippen LogP contribution in [-0.2, 0) is 16.0 Å². The molecule has 3 heterocycles. The number of carbonyl (C=O) groups is 1. The fraction of sp³-hybridized carbons (Fsp3) is 0.375. The molecular weight excluding hydrogens is 364 g/mol. The Morgan fingerprint density at radius 3 is 2.34 bits per heavy atom. The zero-order valence-corrected chi connectivity index (χ0v) is 16.8. The van der Waals surface area contributed by atoms with Crippen molar-refractivity contribution >= 4 is 16.8 Å². The highest BCUT2D eigenvalue weighted by atomic mass is 16.7. The summed E-state index contributed by atoms with van der Waals surface area (Å²) >= 11 is 0. The van der Waals surface area contributed by atoms with E-state index in [4.69, 9.17) is 9.47 Å². The normalized spacial score (nSPS) is 18.6. The Kier molecular flexibility index (Phi) is 4.64. The third-order valence-corrected chi connectivity index (χ3v) is 6.25. The predicted octanol–water partition coefficient (Wildman–Crippen LogP) is 3.98. The lowest BCUT2D eigenvalue weighted by Gasteiger charge is -2.37. The van der Waals surface area contributed by atoms with Crippen molar-refractivity contribution in [3.05, 3.63) is 71.4 Å². The third-order valence-electron chi connectivity index (χ3n) is 6.25. The van der Waals surface area contributed by atoms with Gasteiger partial charge in [0.1, 0.15) is 0 Å². The van der Waals surface area contributed by atoms with Crippen LogP contribution in [0.1, 0.15) is 34.5 Å². The lowest BCUT2D eigenvalue weighted by molar-refractivity contribution is -0.181. The fourth-order valence-corrected chi connectivity index (χ4v) is 4.66.